The van der Waals surface area contributed by atoms with Gasteiger partial charge in [0.05, 0.1) is 39.9 Å². The smallest absolute Gasteiger partial charge is 0.268 e. The lowest BCUT2D eigenvalue weighted by Crippen LogP contribution is -2.45. The Morgan fingerprint density at radius 3 is 1.30 bits per heavy atom. The third kappa shape index (κ3) is 45.0. The molecule has 3 atom stereocenters. The first-order valence-corrected chi connectivity index (χ1v) is 27.2. The van der Waals surface area contributed by atoms with Gasteiger partial charge in [0.15, 0.2) is 0 Å². The molecule has 356 valence electrons. The molecular formula is C51H101N2O6P. The van der Waals surface area contributed by atoms with Crippen LogP contribution < -0.4 is 10.2 Å². The molecular weight excluding hydrogens is 768 g/mol. The second-order valence-electron chi connectivity index (χ2n) is 18.9. The number of aliphatic hydroxyl groups excluding tert-OH is 1. The molecule has 0 bridgehead atoms. The predicted molar refractivity (Wildman–Crippen MR) is 256 cm³/mol. The van der Waals surface area contributed by atoms with Crippen molar-refractivity contribution in [1.29, 1.82) is 0 Å². The van der Waals surface area contributed by atoms with Crippen molar-refractivity contribution in [2.45, 2.75) is 257 Å². The Morgan fingerprint density at radius 1 is 0.567 bits per heavy atom. The Morgan fingerprint density at radius 2 is 0.917 bits per heavy atom. The summed E-state index contributed by atoms with van der Waals surface area (Å²) in [5.74, 6) is -0.199. The highest BCUT2D eigenvalue weighted by molar-refractivity contribution is 7.45. The molecule has 0 heterocycles. The standard InChI is InChI=1S/C51H101N2O6P/c1-6-8-10-12-14-16-18-20-22-24-25-26-27-29-31-33-35-37-39-41-43-45-51(55)52-49(48-59-60(56,57)58-47-46-53(3,4)5)50(54)44-42-40-38-36-34-32-30-28-23-21-19-17-15-13-11-9-7-2/h26-27,42,44,49-50,54H,6-25,28-41,43,45-48H2,1-5H3,(H-,52,55,56,57)/b27-26-,44-42+. The van der Waals surface area contributed by atoms with Gasteiger partial charge in [0.2, 0.25) is 5.91 Å². The molecule has 8 nitrogen and oxygen atoms in total. The van der Waals surface area contributed by atoms with Gasteiger partial charge in [-0.2, -0.15) is 0 Å². The Hall–Kier alpha value is -1.02. The number of amides is 1. The maximum absolute atomic E-state index is 12.9. The normalized spacial score (nSPS) is 14.3. The molecule has 0 saturated carbocycles. The second-order valence-corrected chi connectivity index (χ2v) is 20.3. The lowest BCUT2D eigenvalue weighted by molar-refractivity contribution is -0.870. The first-order valence-electron chi connectivity index (χ1n) is 25.7. The van der Waals surface area contributed by atoms with E-state index in [2.05, 4.69) is 31.3 Å². The molecule has 0 aromatic rings. The van der Waals surface area contributed by atoms with Gasteiger partial charge in [0.25, 0.3) is 7.82 Å². The first kappa shape index (κ1) is 59.0. The first-order chi connectivity index (χ1) is 29.0. The SMILES string of the molecule is CCCCCCCCCCCC/C=C\CCCCCCCCCC(=O)NC(COP(=O)([O-])OCC[N+](C)(C)C)C(O)/C=C/CCCCCCCCCCCCCCCCC. The van der Waals surface area contributed by atoms with Gasteiger partial charge in [-0.1, -0.05) is 218 Å². The summed E-state index contributed by atoms with van der Waals surface area (Å²) in [6, 6.07) is -0.886. The molecule has 9 heteroatoms. The van der Waals surface area contributed by atoms with Gasteiger partial charge in [-0.05, 0) is 44.9 Å². The van der Waals surface area contributed by atoms with E-state index in [1.165, 1.54) is 186 Å². The Balaban J connectivity index is 4.30. The number of likely N-dealkylation sites (N-methyl/N-ethyl adjacent to an activating group) is 1. The van der Waals surface area contributed by atoms with E-state index in [4.69, 9.17) is 9.05 Å². The highest BCUT2D eigenvalue weighted by Crippen LogP contribution is 2.38. The van der Waals surface area contributed by atoms with Gasteiger partial charge < -0.3 is 28.8 Å². The molecule has 0 spiro atoms. The quantitative estimate of drug-likeness (QED) is 0.0273. The van der Waals surface area contributed by atoms with Crippen molar-refractivity contribution >= 4 is 13.7 Å². The van der Waals surface area contributed by atoms with Crippen molar-refractivity contribution in [1.82, 2.24) is 5.32 Å². The van der Waals surface area contributed by atoms with Crippen LogP contribution in [0.5, 0.6) is 0 Å². The molecule has 0 saturated heterocycles. The Labute approximate surface area is 373 Å². The maximum atomic E-state index is 12.9. The summed E-state index contributed by atoms with van der Waals surface area (Å²) in [7, 11) is 1.26. The minimum Gasteiger partial charge on any atom is -0.756 e. The number of allylic oxidation sites excluding steroid dienone is 3. The van der Waals surface area contributed by atoms with Crippen LogP contribution in [0, 0.1) is 0 Å². The van der Waals surface area contributed by atoms with Gasteiger partial charge in [-0.3, -0.25) is 9.36 Å². The average molecular weight is 869 g/mol. The van der Waals surface area contributed by atoms with E-state index in [1.807, 2.05) is 27.2 Å². The maximum Gasteiger partial charge on any atom is 0.268 e. The van der Waals surface area contributed by atoms with Gasteiger partial charge in [0.1, 0.15) is 13.2 Å². The molecule has 0 aromatic heterocycles. The predicted octanol–water partition coefficient (Wildman–Crippen LogP) is 14.2. The van der Waals surface area contributed by atoms with E-state index in [9.17, 15) is 19.4 Å². The fourth-order valence-corrected chi connectivity index (χ4v) is 8.28. The summed E-state index contributed by atoms with van der Waals surface area (Å²) in [4.78, 5) is 25.4. The Kier molecular flexibility index (Phi) is 42.5. The number of rotatable bonds is 47. The molecule has 0 rings (SSSR count). The van der Waals surface area contributed by atoms with Crippen LogP contribution in [0.3, 0.4) is 0 Å². The molecule has 60 heavy (non-hydrogen) atoms. The minimum atomic E-state index is -4.59. The molecule has 0 radical (unpaired) electrons. The van der Waals surface area contributed by atoms with Crippen molar-refractivity contribution < 1.29 is 32.9 Å². The molecule has 0 aliphatic heterocycles. The lowest BCUT2D eigenvalue weighted by atomic mass is 10.0. The fraction of sp³-hybridized carbons (Fsp3) is 0.902. The number of phosphoric acid groups is 1. The van der Waals surface area contributed by atoms with Crippen LogP contribution in [0.25, 0.3) is 0 Å². The largest absolute Gasteiger partial charge is 0.756 e. The zero-order valence-electron chi connectivity index (χ0n) is 40.4. The van der Waals surface area contributed by atoms with Gasteiger partial charge >= 0.3 is 0 Å². The number of phosphoric ester groups is 1. The molecule has 0 aliphatic carbocycles. The minimum absolute atomic E-state index is 0.000458. The van der Waals surface area contributed by atoms with Crippen LogP contribution in [0.15, 0.2) is 24.3 Å². The summed E-state index contributed by atoms with van der Waals surface area (Å²) in [5, 5.41) is 13.8. The van der Waals surface area contributed by atoms with Crippen LogP contribution in [0.2, 0.25) is 0 Å². The number of hydrogen-bond donors (Lipinski definition) is 2. The number of nitrogens with zero attached hydrogens (tertiary/aromatic N) is 1. The molecule has 1 amide bonds. The third-order valence-electron chi connectivity index (χ3n) is 11.7. The highest BCUT2D eigenvalue weighted by atomic mass is 31.2. The van der Waals surface area contributed by atoms with Crippen molar-refractivity contribution in [3.05, 3.63) is 24.3 Å². The Bertz CT molecular complexity index is 1030. The summed E-state index contributed by atoms with van der Waals surface area (Å²) in [6.07, 6.45) is 52.3. The van der Waals surface area contributed by atoms with Crippen molar-refractivity contribution in [2.24, 2.45) is 0 Å². The van der Waals surface area contributed by atoms with Crippen LogP contribution in [0.4, 0.5) is 0 Å². The van der Waals surface area contributed by atoms with E-state index in [1.54, 1.807) is 6.08 Å². The monoisotopic (exact) mass is 869 g/mol. The lowest BCUT2D eigenvalue weighted by Gasteiger charge is -2.29. The second kappa shape index (κ2) is 43.2. The molecule has 0 fully saturated rings. The fourth-order valence-electron chi connectivity index (χ4n) is 7.56. The molecule has 3 unspecified atom stereocenters. The number of carbonyl (C=O) groups excluding carboxylic acids is 1. The zero-order valence-corrected chi connectivity index (χ0v) is 41.3. The van der Waals surface area contributed by atoms with E-state index in [0.29, 0.717) is 17.4 Å². The molecule has 2 N–H and O–H groups in total. The average Bonchev–Trinajstić information content (AvgIpc) is 3.20. The number of nitrogens with one attached hydrogen (secondary N) is 1. The number of hydrogen-bond acceptors (Lipinski definition) is 6. The summed E-state index contributed by atoms with van der Waals surface area (Å²) in [5.41, 5.74) is 0. The number of quaternary nitrogens is 1. The van der Waals surface area contributed by atoms with Crippen molar-refractivity contribution in [3.63, 3.8) is 0 Å². The zero-order chi connectivity index (χ0) is 44.3. The number of unbranched alkanes of at least 4 members (excludes halogenated alkanes) is 32. The number of aliphatic hydroxyl groups is 1. The van der Waals surface area contributed by atoms with Crippen LogP contribution in [0.1, 0.15) is 245 Å². The highest BCUT2D eigenvalue weighted by Gasteiger charge is 2.23. The molecule has 0 aliphatic rings. The van der Waals surface area contributed by atoms with Crippen LogP contribution >= 0.6 is 7.82 Å². The topological polar surface area (TPSA) is 108 Å². The third-order valence-corrected chi connectivity index (χ3v) is 12.6. The van der Waals surface area contributed by atoms with Gasteiger partial charge in [-0.25, -0.2) is 0 Å². The van der Waals surface area contributed by atoms with E-state index in [0.717, 1.165) is 38.5 Å². The van der Waals surface area contributed by atoms with Crippen LogP contribution in [-0.4, -0.2) is 68.5 Å². The van der Waals surface area contributed by atoms with Gasteiger partial charge in [0, 0.05) is 6.42 Å². The molecule has 0 aromatic carbocycles. The van der Waals surface area contributed by atoms with E-state index in [-0.39, 0.29) is 19.1 Å². The van der Waals surface area contributed by atoms with Crippen molar-refractivity contribution in [3.8, 4) is 0 Å². The summed E-state index contributed by atoms with van der Waals surface area (Å²) in [6.45, 7) is 4.67. The summed E-state index contributed by atoms with van der Waals surface area (Å²) < 4.78 is 23.3. The van der Waals surface area contributed by atoms with Crippen molar-refractivity contribution in [2.75, 3.05) is 40.9 Å². The van der Waals surface area contributed by atoms with E-state index < -0.39 is 20.0 Å². The van der Waals surface area contributed by atoms with Gasteiger partial charge in [-0.15, -0.1) is 0 Å². The summed E-state index contributed by atoms with van der Waals surface area (Å²) >= 11 is 0. The van der Waals surface area contributed by atoms with Crippen LogP contribution in [-0.2, 0) is 18.4 Å². The number of carbonyl (C=O) groups is 1. The van der Waals surface area contributed by atoms with E-state index >= 15 is 0 Å².